The number of benzene rings is 4. The third-order valence-corrected chi connectivity index (χ3v) is 9.34. The van der Waals surface area contributed by atoms with Gasteiger partial charge in [0.2, 0.25) is 11.8 Å². The number of rotatable bonds is 13. The number of anilines is 1. The van der Waals surface area contributed by atoms with Crippen molar-refractivity contribution in [1.82, 2.24) is 10.2 Å². The Hall–Kier alpha value is -4.14. The van der Waals surface area contributed by atoms with Crippen LogP contribution in [0.5, 0.6) is 0 Å². The number of nitrogens with zero attached hydrogens (tertiary/aromatic N) is 2. The summed E-state index contributed by atoms with van der Waals surface area (Å²) in [5.41, 5.74) is 3.96. The second-order valence-electron chi connectivity index (χ2n) is 10.8. The molecule has 0 aromatic heterocycles. The maximum Gasteiger partial charge on any atom is 0.264 e. The Morgan fingerprint density at radius 2 is 1.39 bits per heavy atom. The highest BCUT2D eigenvalue weighted by atomic mass is 35.5. The summed E-state index contributed by atoms with van der Waals surface area (Å²) in [5, 5.41) is 3.39. The quantitative estimate of drug-likeness (QED) is 0.187. The van der Waals surface area contributed by atoms with E-state index in [1.54, 1.807) is 36.4 Å². The molecule has 230 valence electrons. The highest BCUT2D eigenvalue weighted by molar-refractivity contribution is 7.92. The molecule has 0 fully saturated rings. The first-order chi connectivity index (χ1) is 21.1. The van der Waals surface area contributed by atoms with Crippen LogP contribution < -0.4 is 9.62 Å². The molecule has 2 amide bonds. The molecule has 1 atom stereocenters. The minimum Gasteiger partial charge on any atom is -0.354 e. The Labute approximate surface area is 265 Å². The fourth-order valence-electron chi connectivity index (χ4n) is 4.78. The average Bonchev–Trinajstić information content (AvgIpc) is 3.02. The van der Waals surface area contributed by atoms with Crippen LogP contribution in [0.25, 0.3) is 0 Å². The van der Waals surface area contributed by atoms with E-state index in [4.69, 9.17) is 11.6 Å². The van der Waals surface area contributed by atoms with E-state index >= 15 is 0 Å². The minimum atomic E-state index is -4.17. The van der Waals surface area contributed by atoms with E-state index in [1.165, 1.54) is 17.0 Å². The van der Waals surface area contributed by atoms with Crippen LogP contribution in [0.3, 0.4) is 0 Å². The van der Waals surface area contributed by atoms with Crippen molar-refractivity contribution in [2.24, 2.45) is 0 Å². The van der Waals surface area contributed by atoms with Crippen LogP contribution in [0.4, 0.5) is 5.69 Å². The molecule has 0 aliphatic heterocycles. The number of hydrogen-bond acceptors (Lipinski definition) is 4. The first-order valence-electron chi connectivity index (χ1n) is 14.6. The minimum absolute atomic E-state index is 0.0532. The Kier molecular flexibility index (Phi) is 11.2. The standard InChI is InChI=1S/C35H38ClN3O4S/c1-4-22-37-35(41)33(23-28-8-6-5-7-9-28)38(24-29-14-10-26(2)11-15-29)34(40)25-39(31-18-16-30(36)17-19-31)44(42,43)32-20-12-27(3)13-21-32/h5-21,33H,4,22-25H2,1-3H3,(H,37,41)/t33-/m0/s1. The topological polar surface area (TPSA) is 86.8 Å². The van der Waals surface area contributed by atoms with Gasteiger partial charge >= 0.3 is 0 Å². The second-order valence-corrected chi connectivity index (χ2v) is 13.1. The molecule has 0 saturated heterocycles. The van der Waals surface area contributed by atoms with Crippen LogP contribution >= 0.6 is 11.6 Å². The van der Waals surface area contributed by atoms with Crippen LogP contribution in [0.1, 0.15) is 35.6 Å². The predicted molar refractivity (Wildman–Crippen MR) is 176 cm³/mol. The first kappa shape index (κ1) is 32.8. The third kappa shape index (κ3) is 8.49. The van der Waals surface area contributed by atoms with Gasteiger partial charge in [-0.2, -0.15) is 0 Å². The van der Waals surface area contributed by atoms with E-state index in [-0.39, 0.29) is 29.5 Å². The zero-order valence-electron chi connectivity index (χ0n) is 25.2. The van der Waals surface area contributed by atoms with Crippen molar-refractivity contribution in [3.63, 3.8) is 0 Å². The maximum absolute atomic E-state index is 14.4. The SMILES string of the molecule is CCCNC(=O)[C@H](Cc1ccccc1)N(Cc1ccc(C)cc1)C(=O)CN(c1ccc(Cl)cc1)S(=O)(=O)c1ccc(C)cc1. The lowest BCUT2D eigenvalue weighted by Crippen LogP contribution is -2.53. The number of nitrogens with one attached hydrogen (secondary N) is 1. The molecule has 4 aromatic rings. The number of carbonyl (C=O) groups is 2. The number of amides is 2. The van der Waals surface area contributed by atoms with Crippen LogP contribution in [0.2, 0.25) is 5.02 Å². The summed E-state index contributed by atoms with van der Waals surface area (Å²) in [6, 6.07) is 29.1. The van der Waals surface area contributed by atoms with Gasteiger partial charge in [-0.3, -0.25) is 13.9 Å². The second kappa shape index (κ2) is 15.0. The smallest absolute Gasteiger partial charge is 0.264 e. The molecule has 44 heavy (non-hydrogen) atoms. The highest BCUT2D eigenvalue weighted by Crippen LogP contribution is 2.26. The summed E-state index contributed by atoms with van der Waals surface area (Å²) < 4.78 is 29.2. The molecule has 4 rings (SSSR count). The van der Waals surface area contributed by atoms with E-state index in [1.807, 2.05) is 75.4 Å². The molecule has 1 N–H and O–H groups in total. The molecule has 4 aromatic carbocycles. The van der Waals surface area contributed by atoms with Gasteiger partial charge < -0.3 is 10.2 Å². The number of sulfonamides is 1. The van der Waals surface area contributed by atoms with Gasteiger partial charge in [-0.1, -0.05) is 96.4 Å². The number of hydrogen-bond donors (Lipinski definition) is 1. The Morgan fingerprint density at radius 3 is 1.98 bits per heavy atom. The largest absolute Gasteiger partial charge is 0.354 e. The van der Waals surface area contributed by atoms with Crippen LogP contribution in [-0.4, -0.2) is 44.3 Å². The lowest BCUT2D eigenvalue weighted by molar-refractivity contribution is -0.140. The fraction of sp³-hybridized carbons (Fsp3) is 0.257. The van der Waals surface area contributed by atoms with Gasteiger partial charge in [-0.15, -0.1) is 0 Å². The summed E-state index contributed by atoms with van der Waals surface area (Å²) in [6.45, 7) is 5.86. The van der Waals surface area contributed by atoms with Crippen molar-refractivity contribution in [2.45, 2.75) is 51.1 Å². The Balaban J connectivity index is 1.78. The zero-order chi connectivity index (χ0) is 31.7. The lowest BCUT2D eigenvalue weighted by Gasteiger charge is -2.34. The van der Waals surface area contributed by atoms with Gasteiger partial charge in [0.05, 0.1) is 10.6 Å². The third-order valence-electron chi connectivity index (χ3n) is 7.30. The van der Waals surface area contributed by atoms with E-state index in [9.17, 15) is 18.0 Å². The molecule has 7 nitrogen and oxygen atoms in total. The molecular weight excluding hydrogens is 594 g/mol. The van der Waals surface area contributed by atoms with Gasteiger partial charge in [-0.05, 0) is 67.8 Å². The highest BCUT2D eigenvalue weighted by Gasteiger charge is 2.34. The van der Waals surface area contributed by atoms with Crippen LogP contribution in [-0.2, 0) is 32.6 Å². The van der Waals surface area contributed by atoms with E-state index in [0.29, 0.717) is 11.6 Å². The molecule has 0 radical (unpaired) electrons. The number of aryl methyl sites for hydroxylation is 2. The normalized spacial score (nSPS) is 11.9. The van der Waals surface area contributed by atoms with Crippen molar-refractivity contribution in [2.75, 3.05) is 17.4 Å². The van der Waals surface area contributed by atoms with Gasteiger partial charge in [-0.25, -0.2) is 8.42 Å². The zero-order valence-corrected chi connectivity index (χ0v) is 26.8. The first-order valence-corrected chi connectivity index (χ1v) is 16.4. The molecule has 0 aliphatic carbocycles. The van der Waals surface area contributed by atoms with E-state index in [2.05, 4.69) is 5.32 Å². The van der Waals surface area contributed by atoms with Gasteiger partial charge in [0, 0.05) is 24.5 Å². The van der Waals surface area contributed by atoms with Crippen molar-refractivity contribution < 1.29 is 18.0 Å². The van der Waals surface area contributed by atoms with Crippen LogP contribution in [0, 0.1) is 13.8 Å². The summed E-state index contributed by atoms with van der Waals surface area (Å²) in [5.74, 6) is -0.806. The molecule has 9 heteroatoms. The Morgan fingerprint density at radius 1 is 0.795 bits per heavy atom. The average molecular weight is 632 g/mol. The molecule has 0 heterocycles. The Bertz CT molecular complexity index is 1640. The molecule has 0 saturated carbocycles. The van der Waals surface area contributed by atoms with Crippen LogP contribution in [0.15, 0.2) is 108 Å². The number of carbonyl (C=O) groups excluding carboxylic acids is 2. The van der Waals surface area contributed by atoms with Gasteiger partial charge in [0.25, 0.3) is 10.0 Å². The number of halogens is 1. The fourth-order valence-corrected chi connectivity index (χ4v) is 6.32. The summed E-state index contributed by atoms with van der Waals surface area (Å²) in [4.78, 5) is 29.7. The van der Waals surface area contributed by atoms with Crippen molar-refractivity contribution >= 4 is 39.1 Å². The van der Waals surface area contributed by atoms with Crippen molar-refractivity contribution in [3.05, 3.63) is 130 Å². The molecular formula is C35H38ClN3O4S. The lowest BCUT2D eigenvalue weighted by atomic mass is 10.0. The predicted octanol–water partition coefficient (Wildman–Crippen LogP) is 6.32. The summed E-state index contributed by atoms with van der Waals surface area (Å²) in [7, 11) is -4.17. The summed E-state index contributed by atoms with van der Waals surface area (Å²) >= 11 is 6.13. The van der Waals surface area contributed by atoms with Crippen molar-refractivity contribution in [1.29, 1.82) is 0 Å². The van der Waals surface area contributed by atoms with E-state index < -0.39 is 28.5 Å². The molecule has 0 bridgehead atoms. The maximum atomic E-state index is 14.4. The van der Waals surface area contributed by atoms with Crippen molar-refractivity contribution in [3.8, 4) is 0 Å². The molecule has 0 aliphatic rings. The van der Waals surface area contributed by atoms with E-state index in [0.717, 1.165) is 33.0 Å². The molecule has 0 spiro atoms. The monoisotopic (exact) mass is 631 g/mol. The summed E-state index contributed by atoms with van der Waals surface area (Å²) in [6.07, 6.45) is 0.995. The van der Waals surface area contributed by atoms with Gasteiger partial charge in [0.1, 0.15) is 12.6 Å². The molecule has 0 unspecified atom stereocenters. The van der Waals surface area contributed by atoms with Gasteiger partial charge in [0.15, 0.2) is 0 Å².